The standard InChI is InChI=1S/C11H14ClNOS/c12-11-4-3-10(15-11)9-6-13-5-8(14-9)7-1-2-7/h3-4,7-9,13H,1-2,5-6H2. The van der Waals surface area contributed by atoms with Gasteiger partial charge in [-0.05, 0) is 30.9 Å². The van der Waals surface area contributed by atoms with E-state index in [9.17, 15) is 0 Å². The zero-order valence-electron chi connectivity index (χ0n) is 8.41. The van der Waals surface area contributed by atoms with Crippen LogP contribution in [0.5, 0.6) is 0 Å². The Bertz CT molecular complexity index is 350. The summed E-state index contributed by atoms with van der Waals surface area (Å²) in [6.07, 6.45) is 3.31. The summed E-state index contributed by atoms with van der Waals surface area (Å²) >= 11 is 7.56. The minimum atomic E-state index is 0.210. The molecule has 1 aromatic rings. The second-order valence-corrected chi connectivity index (χ2v) is 6.05. The molecule has 0 amide bonds. The Kier molecular flexibility index (Phi) is 2.73. The van der Waals surface area contributed by atoms with Gasteiger partial charge in [0.2, 0.25) is 0 Å². The first-order chi connectivity index (χ1) is 7.33. The molecule has 2 aliphatic rings. The van der Waals surface area contributed by atoms with Gasteiger partial charge in [-0.15, -0.1) is 11.3 Å². The van der Waals surface area contributed by atoms with Crippen molar-refractivity contribution in [3.05, 3.63) is 21.3 Å². The van der Waals surface area contributed by atoms with E-state index in [0.717, 1.165) is 23.3 Å². The van der Waals surface area contributed by atoms with E-state index in [0.29, 0.717) is 6.10 Å². The summed E-state index contributed by atoms with van der Waals surface area (Å²) in [5, 5.41) is 3.45. The van der Waals surface area contributed by atoms with Crippen LogP contribution in [0.1, 0.15) is 23.8 Å². The normalized spacial score (nSPS) is 31.8. The van der Waals surface area contributed by atoms with E-state index in [2.05, 4.69) is 11.4 Å². The lowest BCUT2D eigenvalue weighted by molar-refractivity contribution is -0.0476. The van der Waals surface area contributed by atoms with Gasteiger partial charge in [0.15, 0.2) is 0 Å². The van der Waals surface area contributed by atoms with Gasteiger partial charge in [0.25, 0.3) is 0 Å². The first kappa shape index (κ1) is 10.1. The molecule has 2 heterocycles. The lowest BCUT2D eigenvalue weighted by Crippen LogP contribution is -2.41. The van der Waals surface area contributed by atoms with Gasteiger partial charge in [-0.2, -0.15) is 0 Å². The number of hydrogen-bond donors (Lipinski definition) is 1. The highest BCUT2D eigenvalue weighted by molar-refractivity contribution is 7.16. The predicted octanol–water partition coefficient (Wildman–Crippen LogP) is 2.84. The number of ether oxygens (including phenoxy) is 1. The molecule has 1 aliphatic heterocycles. The number of nitrogens with one attached hydrogen (secondary N) is 1. The SMILES string of the molecule is Clc1ccc(C2CNCC(C3CC3)O2)s1. The largest absolute Gasteiger partial charge is 0.367 e. The van der Waals surface area contributed by atoms with Crippen molar-refractivity contribution in [2.24, 2.45) is 5.92 Å². The number of thiophene rings is 1. The summed E-state index contributed by atoms with van der Waals surface area (Å²) in [4.78, 5) is 1.25. The molecule has 4 heteroatoms. The fraction of sp³-hybridized carbons (Fsp3) is 0.636. The maximum absolute atomic E-state index is 6.10. The Hall–Kier alpha value is -0.0900. The minimum Gasteiger partial charge on any atom is -0.367 e. The van der Waals surface area contributed by atoms with Gasteiger partial charge in [-0.25, -0.2) is 0 Å². The molecule has 1 saturated carbocycles. The topological polar surface area (TPSA) is 21.3 Å². The van der Waals surface area contributed by atoms with Crippen LogP contribution in [-0.4, -0.2) is 19.2 Å². The number of morpholine rings is 1. The van der Waals surface area contributed by atoms with E-state index < -0.39 is 0 Å². The summed E-state index contributed by atoms with van der Waals surface area (Å²) in [6.45, 7) is 1.93. The highest BCUT2D eigenvalue weighted by Crippen LogP contribution is 2.39. The van der Waals surface area contributed by atoms with Crippen LogP contribution in [0, 0.1) is 5.92 Å². The lowest BCUT2D eigenvalue weighted by Gasteiger charge is -2.30. The van der Waals surface area contributed by atoms with Gasteiger partial charge in [-0.1, -0.05) is 11.6 Å². The number of rotatable bonds is 2. The predicted molar refractivity (Wildman–Crippen MR) is 62.5 cm³/mol. The molecule has 0 spiro atoms. The Labute approximate surface area is 98.6 Å². The number of hydrogen-bond acceptors (Lipinski definition) is 3. The molecule has 0 aromatic carbocycles. The molecule has 15 heavy (non-hydrogen) atoms. The Morgan fingerprint density at radius 2 is 2.20 bits per heavy atom. The van der Waals surface area contributed by atoms with E-state index in [1.807, 2.05) is 6.07 Å². The van der Waals surface area contributed by atoms with Crippen molar-refractivity contribution in [3.63, 3.8) is 0 Å². The van der Waals surface area contributed by atoms with Gasteiger partial charge in [0.05, 0.1) is 10.4 Å². The monoisotopic (exact) mass is 243 g/mol. The third-order valence-corrected chi connectivity index (χ3v) is 4.40. The molecule has 3 rings (SSSR count). The molecule has 2 atom stereocenters. The quantitative estimate of drug-likeness (QED) is 0.863. The fourth-order valence-electron chi connectivity index (χ4n) is 2.08. The third-order valence-electron chi connectivity index (χ3n) is 3.07. The van der Waals surface area contributed by atoms with Crippen molar-refractivity contribution in [2.45, 2.75) is 25.0 Å². The molecule has 1 aliphatic carbocycles. The van der Waals surface area contributed by atoms with Crippen LogP contribution in [0.2, 0.25) is 4.34 Å². The van der Waals surface area contributed by atoms with E-state index >= 15 is 0 Å². The summed E-state index contributed by atoms with van der Waals surface area (Å²) in [5.41, 5.74) is 0. The Morgan fingerprint density at radius 1 is 1.33 bits per heavy atom. The third kappa shape index (κ3) is 2.21. The maximum Gasteiger partial charge on any atom is 0.105 e. The van der Waals surface area contributed by atoms with Gasteiger partial charge in [0, 0.05) is 18.0 Å². The van der Waals surface area contributed by atoms with Crippen LogP contribution in [0.4, 0.5) is 0 Å². The van der Waals surface area contributed by atoms with Crippen LogP contribution in [0.15, 0.2) is 12.1 Å². The van der Waals surface area contributed by atoms with Crippen molar-refractivity contribution in [2.75, 3.05) is 13.1 Å². The lowest BCUT2D eigenvalue weighted by atomic mass is 10.1. The van der Waals surface area contributed by atoms with Crippen molar-refractivity contribution >= 4 is 22.9 Å². The summed E-state index contributed by atoms with van der Waals surface area (Å²) in [5.74, 6) is 0.802. The van der Waals surface area contributed by atoms with E-state index in [1.54, 1.807) is 11.3 Å². The zero-order valence-corrected chi connectivity index (χ0v) is 9.98. The second-order valence-electron chi connectivity index (χ2n) is 4.30. The van der Waals surface area contributed by atoms with Crippen LogP contribution in [0.25, 0.3) is 0 Å². The summed E-state index contributed by atoms with van der Waals surface area (Å²) < 4.78 is 6.95. The fourth-order valence-corrected chi connectivity index (χ4v) is 3.18. The summed E-state index contributed by atoms with van der Waals surface area (Å²) in [6, 6.07) is 4.03. The van der Waals surface area contributed by atoms with E-state index in [-0.39, 0.29) is 6.10 Å². The smallest absolute Gasteiger partial charge is 0.105 e. The van der Waals surface area contributed by atoms with E-state index in [4.69, 9.17) is 16.3 Å². The van der Waals surface area contributed by atoms with Gasteiger partial charge in [-0.3, -0.25) is 0 Å². The van der Waals surface area contributed by atoms with Crippen molar-refractivity contribution in [3.8, 4) is 0 Å². The van der Waals surface area contributed by atoms with Gasteiger partial charge in [0.1, 0.15) is 6.10 Å². The molecular formula is C11H14ClNOS. The molecule has 2 nitrogen and oxygen atoms in total. The second kappa shape index (κ2) is 4.06. The number of halogens is 1. The molecule has 82 valence electrons. The molecule has 0 bridgehead atoms. The van der Waals surface area contributed by atoms with Crippen molar-refractivity contribution in [1.29, 1.82) is 0 Å². The molecule has 1 N–H and O–H groups in total. The highest BCUT2D eigenvalue weighted by atomic mass is 35.5. The Morgan fingerprint density at radius 3 is 2.87 bits per heavy atom. The van der Waals surface area contributed by atoms with Gasteiger partial charge < -0.3 is 10.1 Å². The molecule has 0 radical (unpaired) electrons. The molecular weight excluding hydrogens is 230 g/mol. The maximum atomic E-state index is 6.10. The van der Waals surface area contributed by atoms with E-state index in [1.165, 1.54) is 17.7 Å². The van der Waals surface area contributed by atoms with Crippen molar-refractivity contribution in [1.82, 2.24) is 5.32 Å². The van der Waals surface area contributed by atoms with Gasteiger partial charge >= 0.3 is 0 Å². The molecule has 2 unspecified atom stereocenters. The van der Waals surface area contributed by atoms with Crippen molar-refractivity contribution < 1.29 is 4.74 Å². The zero-order chi connectivity index (χ0) is 10.3. The average Bonchev–Trinajstić information content (AvgIpc) is 3.02. The Balaban J connectivity index is 1.70. The average molecular weight is 244 g/mol. The first-order valence-corrected chi connectivity index (χ1v) is 6.64. The summed E-state index contributed by atoms with van der Waals surface area (Å²) in [7, 11) is 0. The van der Waals surface area contributed by atoms with Crippen LogP contribution in [-0.2, 0) is 4.74 Å². The molecule has 1 saturated heterocycles. The molecule has 2 fully saturated rings. The first-order valence-electron chi connectivity index (χ1n) is 5.44. The van der Waals surface area contributed by atoms with Crippen LogP contribution < -0.4 is 5.32 Å². The van der Waals surface area contributed by atoms with Crippen LogP contribution >= 0.6 is 22.9 Å². The van der Waals surface area contributed by atoms with Crippen LogP contribution in [0.3, 0.4) is 0 Å². The minimum absolute atomic E-state index is 0.210. The highest BCUT2D eigenvalue weighted by Gasteiger charge is 2.36. The molecule has 1 aromatic heterocycles.